The number of carboxylic acid groups (broad SMARTS) is 1. The van der Waals surface area contributed by atoms with Crippen LogP contribution in [0.25, 0.3) is 0 Å². The molecule has 1 heterocycles. The Bertz CT molecular complexity index is 614. The molecule has 2 fully saturated rings. The van der Waals surface area contributed by atoms with Gasteiger partial charge in [-0.15, -0.1) is 0 Å². The average molecular weight is 378 g/mol. The van der Waals surface area contributed by atoms with E-state index in [1.54, 1.807) is 6.92 Å². The highest BCUT2D eigenvalue weighted by Crippen LogP contribution is 2.37. The SMILES string of the molecule is C[C@@H](NS(=O)(=O)N1C[C@H](CCCB(O)O)[C@](N)(C(=O)O)C1)C1(N)CC1. The molecule has 144 valence electrons. The van der Waals surface area contributed by atoms with E-state index in [4.69, 9.17) is 21.5 Å². The number of nitrogens with zero attached hydrogens (tertiary/aromatic N) is 1. The Morgan fingerprint density at radius 1 is 1.40 bits per heavy atom. The lowest BCUT2D eigenvalue weighted by atomic mass is 9.78. The highest BCUT2D eigenvalue weighted by molar-refractivity contribution is 7.87. The molecule has 12 heteroatoms. The van der Waals surface area contributed by atoms with Crippen LogP contribution in [0, 0.1) is 5.92 Å². The molecule has 25 heavy (non-hydrogen) atoms. The molecular formula is C13H27BN4O6S. The molecule has 0 amide bonds. The molecule has 2 aliphatic rings. The molecular weight excluding hydrogens is 351 g/mol. The van der Waals surface area contributed by atoms with Crippen molar-refractivity contribution in [1.82, 2.24) is 9.03 Å². The highest BCUT2D eigenvalue weighted by atomic mass is 32.2. The molecule has 0 aromatic heterocycles. The molecule has 0 bridgehead atoms. The van der Waals surface area contributed by atoms with Gasteiger partial charge >= 0.3 is 13.1 Å². The van der Waals surface area contributed by atoms with Crippen LogP contribution < -0.4 is 16.2 Å². The Hall–Kier alpha value is -0.755. The molecule has 0 spiro atoms. The third-order valence-electron chi connectivity index (χ3n) is 5.36. The predicted octanol–water partition coefficient (Wildman–Crippen LogP) is -2.33. The number of nitrogens with two attached hydrogens (primary N) is 2. The summed E-state index contributed by atoms with van der Waals surface area (Å²) in [4.78, 5) is 11.6. The number of nitrogens with one attached hydrogen (secondary N) is 1. The molecule has 1 saturated heterocycles. The number of hydrogen-bond acceptors (Lipinski definition) is 7. The fourth-order valence-corrected chi connectivity index (χ4v) is 4.80. The van der Waals surface area contributed by atoms with Crippen LogP contribution in [-0.2, 0) is 15.0 Å². The number of aliphatic carboxylic acids is 1. The summed E-state index contributed by atoms with van der Waals surface area (Å²) in [7, 11) is -5.41. The van der Waals surface area contributed by atoms with Gasteiger partial charge in [0.15, 0.2) is 0 Å². The Labute approximate surface area is 147 Å². The van der Waals surface area contributed by atoms with Gasteiger partial charge < -0.3 is 26.6 Å². The van der Waals surface area contributed by atoms with E-state index in [2.05, 4.69) is 4.72 Å². The van der Waals surface area contributed by atoms with E-state index >= 15 is 0 Å². The zero-order chi connectivity index (χ0) is 19.0. The van der Waals surface area contributed by atoms with E-state index in [1.165, 1.54) is 0 Å². The van der Waals surface area contributed by atoms with E-state index in [-0.39, 0.29) is 25.8 Å². The van der Waals surface area contributed by atoms with Gasteiger partial charge in [0, 0.05) is 30.6 Å². The van der Waals surface area contributed by atoms with Gasteiger partial charge in [-0.25, -0.2) is 0 Å². The van der Waals surface area contributed by atoms with Crippen LogP contribution in [-0.4, -0.2) is 71.2 Å². The lowest BCUT2D eigenvalue weighted by Crippen LogP contribution is -2.56. The molecule has 0 aromatic rings. The van der Waals surface area contributed by atoms with Crippen LogP contribution in [0.3, 0.4) is 0 Å². The summed E-state index contributed by atoms with van der Waals surface area (Å²) in [6.45, 7) is 1.31. The lowest BCUT2D eigenvalue weighted by molar-refractivity contribution is -0.144. The van der Waals surface area contributed by atoms with E-state index in [1.807, 2.05) is 0 Å². The maximum Gasteiger partial charge on any atom is 0.451 e. The summed E-state index contributed by atoms with van der Waals surface area (Å²) >= 11 is 0. The first-order chi connectivity index (χ1) is 11.4. The molecule has 1 aliphatic carbocycles. The van der Waals surface area contributed by atoms with E-state index in [9.17, 15) is 18.3 Å². The van der Waals surface area contributed by atoms with Crippen molar-refractivity contribution in [2.45, 2.75) is 56.0 Å². The lowest BCUT2D eigenvalue weighted by Gasteiger charge is -2.26. The molecule has 8 N–H and O–H groups in total. The predicted molar refractivity (Wildman–Crippen MR) is 91.5 cm³/mol. The molecule has 0 unspecified atom stereocenters. The smallest absolute Gasteiger partial charge is 0.451 e. The maximum atomic E-state index is 12.6. The van der Waals surface area contributed by atoms with Gasteiger partial charge in [-0.3, -0.25) is 4.79 Å². The summed E-state index contributed by atoms with van der Waals surface area (Å²) in [6.07, 6.45) is 2.16. The third-order valence-corrected chi connectivity index (χ3v) is 6.97. The van der Waals surface area contributed by atoms with Crippen molar-refractivity contribution in [2.75, 3.05) is 13.1 Å². The standard InChI is InChI=1S/C13H27BN4O6S/c1-9(12(15)4-5-12)17-25(23,24)18-7-10(3-2-6-14(21)22)13(16,8-18)11(19)20/h9-10,17,21-22H,2-8,15-16H2,1H3,(H,19,20)/t9-,10+,13+/m1/s1. The van der Waals surface area contributed by atoms with Gasteiger partial charge in [-0.2, -0.15) is 17.4 Å². The topological polar surface area (TPSA) is 179 Å². The van der Waals surface area contributed by atoms with Gasteiger partial charge in [0.25, 0.3) is 10.2 Å². The van der Waals surface area contributed by atoms with Gasteiger partial charge in [0.2, 0.25) is 0 Å². The Morgan fingerprint density at radius 3 is 2.48 bits per heavy atom. The van der Waals surface area contributed by atoms with Gasteiger partial charge in [-0.1, -0.05) is 6.42 Å². The van der Waals surface area contributed by atoms with Crippen LogP contribution in [0.5, 0.6) is 0 Å². The fourth-order valence-electron chi connectivity index (χ4n) is 3.21. The van der Waals surface area contributed by atoms with Gasteiger partial charge in [-0.05, 0) is 32.5 Å². The first kappa shape index (κ1) is 20.6. The highest BCUT2D eigenvalue weighted by Gasteiger charge is 2.53. The average Bonchev–Trinajstić information content (AvgIpc) is 3.13. The minimum absolute atomic E-state index is 0.0377. The molecule has 2 rings (SSSR count). The second-order valence-corrected chi connectivity index (χ2v) is 9.03. The van der Waals surface area contributed by atoms with E-state index < -0.39 is 46.3 Å². The van der Waals surface area contributed by atoms with Crippen LogP contribution in [0.4, 0.5) is 0 Å². The molecule has 1 aliphatic heterocycles. The molecule has 0 aromatic carbocycles. The largest absolute Gasteiger partial charge is 0.480 e. The van der Waals surface area contributed by atoms with Crippen LogP contribution in [0.2, 0.25) is 6.32 Å². The Kier molecular flexibility index (Phi) is 5.84. The third kappa shape index (κ3) is 4.51. The van der Waals surface area contributed by atoms with Crippen molar-refractivity contribution in [2.24, 2.45) is 17.4 Å². The monoisotopic (exact) mass is 378 g/mol. The fraction of sp³-hybridized carbons (Fsp3) is 0.923. The molecule has 1 saturated carbocycles. The molecule has 10 nitrogen and oxygen atoms in total. The quantitative estimate of drug-likeness (QED) is 0.242. The second kappa shape index (κ2) is 7.10. The zero-order valence-electron chi connectivity index (χ0n) is 14.3. The number of hydrogen-bond donors (Lipinski definition) is 6. The van der Waals surface area contributed by atoms with Crippen molar-refractivity contribution in [3.63, 3.8) is 0 Å². The molecule has 3 atom stereocenters. The zero-order valence-corrected chi connectivity index (χ0v) is 15.1. The van der Waals surface area contributed by atoms with Crippen LogP contribution >= 0.6 is 0 Å². The van der Waals surface area contributed by atoms with E-state index in [0.717, 1.165) is 17.1 Å². The number of carboxylic acids is 1. The Morgan fingerprint density at radius 2 is 2.00 bits per heavy atom. The summed E-state index contributed by atoms with van der Waals surface area (Å²) in [5.41, 5.74) is 9.75. The minimum Gasteiger partial charge on any atom is -0.480 e. The Balaban J connectivity index is 2.07. The first-order valence-electron chi connectivity index (χ1n) is 8.35. The van der Waals surface area contributed by atoms with E-state index in [0.29, 0.717) is 6.42 Å². The second-order valence-electron chi connectivity index (χ2n) is 7.32. The minimum atomic E-state index is -3.92. The summed E-state index contributed by atoms with van der Waals surface area (Å²) < 4.78 is 28.7. The summed E-state index contributed by atoms with van der Waals surface area (Å²) in [5.74, 6) is -1.89. The van der Waals surface area contributed by atoms with Gasteiger partial charge in [0.05, 0.1) is 0 Å². The van der Waals surface area contributed by atoms with Crippen molar-refractivity contribution in [3.8, 4) is 0 Å². The van der Waals surface area contributed by atoms with Crippen molar-refractivity contribution >= 4 is 23.3 Å². The van der Waals surface area contributed by atoms with Gasteiger partial charge in [0.1, 0.15) is 5.54 Å². The van der Waals surface area contributed by atoms with Crippen LogP contribution in [0.1, 0.15) is 32.6 Å². The van der Waals surface area contributed by atoms with Crippen LogP contribution in [0.15, 0.2) is 0 Å². The maximum absolute atomic E-state index is 12.6. The van der Waals surface area contributed by atoms with Crippen molar-refractivity contribution in [3.05, 3.63) is 0 Å². The molecule has 0 radical (unpaired) electrons. The van der Waals surface area contributed by atoms with Crippen molar-refractivity contribution < 1.29 is 28.4 Å². The summed E-state index contributed by atoms with van der Waals surface area (Å²) in [6, 6.07) is -0.460. The first-order valence-corrected chi connectivity index (χ1v) is 9.79. The van der Waals surface area contributed by atoms with Crippen molar-refractivity contribution in [1.29, 1.82) is 0 Å². The number of rotatable bonds is 9. The normalized spacial score (nSPS) is 30.2. The summed E-state index contributed by atoms with van der Waals surface area (Å²) in [5, 5.41) is 27.3. The number of carbonyl (C=O) groups is 1.